The molecule has 0 amide bonds. The van der Waals surface area contributed by atoms with Gasteiger partial charge in [-0.25, -0.2) is 14.4 Å². The van der Waals surface area contributed by atoms with E-state index in [0.717, 1.165) is 36.7 Å². The average Bonchev–Trinajstić information content (AvgIpc) is 2.63. The van der Waals surface area contributed by atoms with Gasteiger partial charge >= 0.3 is 11.9 Å². The van der Waals surface area contributed by atoms with Crippen LogP contribution in [0.5, 0.6) is 0 Å². The quantitative estimate of drug-likeness (QED) is 0.277. The van der Waals surface area contributed by atoms with Crippen LogP contribution in [0.15, 0.2) is 53.3 Å². The van der Waals surface area contributed by atoms with Crippen molar-refractivity contribution in [3.05, 3.63) is 74.8 Å². The number of anilines is 4. The summed E-state index contributed by atoms with van der Waals surface area (Å²) in [5.74, 6) is -1.24. The van der Waals surface area contributed by atoms with Gasteiger partial charge in [0.1, 0.15) is 12.1 Å². The van der Waals surface area contributed by atoms with Crippen molar-refractivity contribution in [2.75, 3.05) is 10.6 Å². The fourth-order valence-electron chi connectivity index (χ4n) is 2.33. The maximum absolute atomic E-state index is 14.0. The zero-order chi connectivity index (χ0) is 21.2. The highest BCUT2D eigenvalue weighted by atomic mass is 79.9. The van der Waals surface area contributed by atoms with E-state index in [4.69, 9.17) is 0 Å². The fraction of sp³-hybridized carbons (Fsp3) is 0.0588. The standard InChI is InChI=1S/C17H10BrF4N5O2/c18-10-3-6-13(12(19)7-10)26-16-14(27(28)29)15(23-8-24-16)25-11-4-1-9(2-5-11)17(20,21)22/h1-8H,(H2,23,24,25,26). The molecule has 0 bridgehead atoms. The predicted molar refractivity (Wildman–Crippen MR) is 101 cm³/mol. The van der Waals surface area contributed by atoms with Gasteiger partial charge in [0, 0.05) is 10.2 Å². The number of rotatable bonds is 5. The minimum absolute atomic E-state index is 0.0597. The Morgan fingerprint density at radius 1 is 1.00 bits per heavy atom. The third-order valence-electron chi connectivity index (χ3n) is 3.66. The molecule has 3 rings (SSSR count). The van der Waals surface area contributed by atoms with Crippen LogP contribution in [0.3, 0.4) is 0 Å². The lowest BCUT2D eigenvalue weighted by Crippen LogP contribution is -2.07. The molecule has 0 spiro atoms. The Kier molecular flexibility index (Phi) is 5.64. The maximum Gasteiger partial charge on any atom is 0.416 e. The molecule has 0 saturated heterocycles. The highest BCUT2D eigenvalue weighted by Gasteiger charge is 2.30. The van der Waals surface area contributed by atoms with Gasteiger partial charge in [-0.3, -0.25) is 10.1 Å². The Morgan fingerprint density at radius 3 is 2.17 bits per heavy atom. The van der Waals surface area contributed by atoms with Crippen molar-refractivity contribution in [3.63, 3.8) is 0 Å². The maximum atomic E-state index is 14.0. The zero-order valence-corrected chi connectivity index (χ0v) is 15.8. The molecule has 7 nitrogen and oxygen atoms in total. The Labute approximate surface area is 169 Å². The summed E-state index contributed by atoms with van der Waals surface area (Å²) in [6.45, 7) is 0. The number of halogens is 5. The minimum Gasteiger partial charge on any atom is -0.334 e. The molecular formula is C17H10BrF4N5O2. The molecule has 2 N–H and O–H groups in total. The van der Waals surface area contributed by atoms with E-state index in [9.17, 15) is 27.7 Å². The second-order valence-electron chi connectivity index (χ2n) is 5.63. The van der Waals surface area contributed by atoms with Gasteiger partial charge in [0.05, 0.1) is 16.2 Å². The molecule has 0 unspecified atom stereocenters. The average molecular weight is 472 g/mol. The monoisotopic (exact) mass is 471 g/mol. The van der Waals surface area contributed by atoms with E-state index in [0.29, 0.717) is 4.47 Å². The molecule has 0 aliphatic rings. The van der Waals surface area contributed by atoms with Crippen LogP contribution >= 0.6 is 15.9 Å². The number of nitrogens with zero attached hydrogens (tertiary/aromatic N) is 3. The van der Waals surface area contributed by atoms with Crippen molar-refractivity contribution in [1.82, 2.24) is 9.97 Å². The van der Waals surface area contributed by atoms with Gasteiger partial charge in [0.25, 0.3) is 0 Å². The van der Waals surface area contributed by atoms with Crippen molar-refractivity contribution in [2.24, 2.45) is 0 Å². The third-order valence-corrected chi connectivity index (χ3v) is 4.16. The normalized spacial score (nSPS) is 11.2. The number of hydrogen-bond donors (Lipinski definition) is 2. The molecule has 2 aromatic carbocycles. The van der Waals surface area contributed by atoms with Crippen LogP contribution in [0.1, 0.15) is 5.56 Å². The van der Waals surface area contributed by atoms with Gasteiger partial charge < -0.3 is 10.6 Å². The first-order valence-electron chi connectivity index (χ1n) is 7.81. The fourth-order valence-corrected chi connectivity index (χ4v) is 2.67. The summed E-state index contributed by atoms with van der Waals surface area (Å²) in [5.41, 5.74) is -1.39. The van der Waals surface area contributed by atoms with Crippen LogP contribution in [-0.4, -0.2) is 14.9 Å². The van der Waals surface area contributed by atoms with Crippen molar-refractivity contribution in [1.29, 1.82) is 0 Å². The van der Waals surface area contributed by atoms with Gasteiger partial charge in [-0.15, -0.1) is 0 Å². The number of hydrogen-bond acceptors (Lipinski definition) is 6. The Bertz CT molecular complexity index is 1060. The van der Waals surface area contributed by atoms with Crippen LogP contribution in [0, 0.1) is 15.9 Å². The van der Waals surface area contributed by atoms with Gasteiger partial charge in [0.15, 0.2) is 0 Å². The summed E-state index contributed by atoms with van der Waals surface area (Å²) in [4.78, 5) is 18.3. The molecule has 0 aliphatic heterocycles. The minimum atomic E-state index is -4.51. The van der Waals surface area contributed by atoms with E-state index in [1.54, 1.807) is 0 Å². The van der Waals surface area contributed by atoms with E-state index in [1.807, 2.05) is 0 Å². The molecule has 0 radical (unpaired) electrons. The number of aromatic nitrogens is 2. The largest absolute Gasteiger partial charge is 0.416 e. The van der Waals surface area contributed by atoms with E-state index in [-0.39, 0.29) is 23.0 Å². The Morgan fingerprint density at radius 2 is 1.62 bits per heavy atom. The van der Waals surface area contributed by atoms with Crippen LogP contribution < -0.4 is 10.6 Å². The van der Waals surface area contributed by atoms with Crippen LogP contribution in [0.25, 0.3) is 0 Å². The predicted octanol–water partition coefficient (Wildman–Crippen LogP) is 5.79. The van der Waals surface area contributed by atoms with Crippen molar-refractivity contribution in [2.45, 2.75) is 6.18 Å². The number of nitro groups is 1. The van der Waals surface area contributed by atoms with E-state index < -0.39 is 28.2 Å². The first kappa shape index (κ1) is 20.5. The van der Waals surface area contributed by atoms with Crippen LogP contribution in [0.2, 0.25) is 0 Å². The first-order chi connectivity index (χ1) is 13.6. The molecular weight excluding hydrogens is 462 g/mol. The van der Waals surface area contributed by atoms with Gasteiger partial charge in [0.2, 0.25) is 11.6 Å². The van der Waals surface area contributed by atoms with Gasteiger partial charge in [-0.05, 0) is 42.5 Å². The zero-order valence-electron chi connectivity index (χ0n) is 14.2. The molecule has 12 heteroatoms. The summed E-state index contributed by atoms with van der Waals surface area (Å²) in [6.07, 6.45) is -3.51. The van der Waals surface area contributed by atoms with E-state index in [1.165, 1.54) is 12.1 Å². The molecule has 0 saturated carbocycles. The third kappa shape index (κ3) is 4.77. The molecule has 3 aromatic rings. The lowest BCUT2D eigenvalue weighted by atomic mass is 10.2. The Balaban J connectivity index is 1.93. The van der Waals surface area contributed by atoms with Crippen molar-refractivity contribution >= 4 is 44.6 Å². The van der Waals surface area contributed by atoms with E-state index >= 15 is 0 Å². The summed E-state index contributed by atoms with van der Waals surface area (Å²) in [6, 6.07) is 7.91. The van der Waals surface area contributed by atoms with Crippen LogP contribution in [-0.2, 0) is 6.18 Å². The van der Waals surface area contributed by atoms with Crippen molar-refractivity contribution in [3.8, 4) is 0 Å². The molecule has 0 aliphatic carbocycles. The SMILES string of the molecule is O=[N+]([O-])c1c(Nc2ccc(C(F)(F)F)cc2)ncnc1Nc1ccc(Br)cc1F. The molecule has 1 heterocycles. The second kappa shape index (κ2) is 7.99. The van der Waals surface area contributed by atoms with Crippen molar-refractivity contribution < 1.29 is 22.5 Å². The highest BCUT2D eigenvalue weighted by Crippen LogP contribution is 2.35. The summed E-state index contributed by atoms with van der Waals surface area (Å²) in [5, 5.41) is 16.7. The number of alkyl halides is 3. The molecule has 1 aromatic heterocycles. The molecule has 29 heavy (non-hydrogen) atoms. The first-order valence-corrected chi connectivity index (χ1v) is 8.60. The second-order valence-corrected chi connectivity index (χ2v) is 6.54. The smallest absolute Gasteiger partial charge is 0.334 e. The number of benzene rings is 2. The summed E-state index contributed by atoms with van der Waals surface area (Å²) >= 11 is 3.10. The van der Waals surface area contributed by atoms with E-state index in [2.05, 4.69) is 36.5 Å². The van der Waals surface area contributed by atoms with Gasteiger partial charge in [-0.2, -0.15) is 13.2 Å². The molecule has 150 valence electrons. The highest BCUT2D eigenvalue weighted by molar-refractivity contribution is 9.10. The summed E-state index contributed by atoms with van der Waals surface area (Å²) in [7, 11) is 0. The summed E-state index contributed by atoms with van der Waals surface area (Å²) < 4.78 is 52.5. The topological polar surface area (TPSA) is 93.0 Å². The number of nitrogens with one attached hydrogen (secondary N) is 2. The van der Waals surface area contributed by atoms with Crippen LogP contribution in [0.4, 0.5) is 46.3 Å². The molecule has 0 atom stereocenters. The lowest BCUT2D eigenvalue weighted by molar-refractivity contribution is -0.383. The van der Waals surface area contributed by atoms with Gasteiger partial charge in [-0.1, -0.05) is 15.9 Å². The lowest BCUT2D eigenvalue weighted by Gasteiger charge is -2.11. The Hall–Kier alpha value is -3.28. The molecule has 0 fully saturated rings.